The summed E-state index contributed by atoms with van der Waals surface area (Å²) < 4.78 is 23.9. The predicted octanol–water partition coefficient (Wildman–Crippen LogP) is 2.29. The number of aryl methyl sites for hydroxylation is 2. The molecule has 3 N–H and O–H groups in total. The van der Waals surface area contributed by atoms with Crippen LogP contribution in [0.5, 0.6) is 0 Å². The summed E-state index contributed by atoms with van der Waals surface area (Å²) in [6, 6.07) is 9.31. The number of fused-ring (bicyclic) bond motifs is 1. The summed E-state index contributed by atoms with van der Waals surface area (Å²) in [5.41, 5.74) is 2.92. The van der Waals surface area contributed by atoms with Gasteiger partial charge in [-0.2, -0.15) is 5.10 Å². The van der Waals surface area contributed by atoms with Crippen LogP contribution in [0.2, 0.25) is 0 Å². The van der Waals surface area contributed by atoms with Gasteiger partial charge in [0.05, 0.1) is 33.7 Å². The van der Waals surface area contributed by atoms with Crippen molar-refractivity contribution in [3.8, 4) is 16.9 Å². The molecule has 0 bridgehead atoms. The Morgan fingerprint density at radius 1 is 1.11 bits per heavy atom. The fourth-order valence-electron chi connectivity index (χ4n) is 4.74. The summed E-state index contributed by atoms with van der Waals surface area (Å²) in [5.74, 6) is -0.0935. The van der Waals surface area contributed by atoms with Crippen molar-refractivity contribution in [3.63, 3.8) is 0 Å². The molecule has 13 heteroatoms. The van der Waals surface area contributed by atoms with Gasteiger partial charge in [0.15, 0.2) is 5.82 Å². The first-order valence-electron chi connectivity index (χ1n) is 11.9. The first kappa shape index (κ1) is 24.7. The Kier molecular flexibility index (Phi) is 6.24. The first-order valence-corrected chi connectivity index (χ1v) is 12.7. The van der Waals surface area contributed by atoms with Crippen LogP contribution in [-0.4, -0.2) is 75.0 Å². The number of rotatable bonds is 5. The third-order valence-corrected chi connectivity index (χ3v) is 7.66. The van der Waals surface area contributed by atoms with E-state index in [4.69, 9.17) is 4.74 Å². The van der Waals surface area contributed by atoms with E-state index in [2.05, 4.69) is 25.4 Å². The average molecular weight is 538 g/mol. The van der Waals surface area contributed by atoms with Crippen LogP contribution in [0, 0.1) is 19.7 Å². The zero-order valence-electron chi connectivity index (χ0n) is 20.4. The van der Waals surface area contributed by atoms with Crippen molar-refractivity contribution in [3.05, 3.63) is 71.1 Å². The standard InChI is InChI=1S/C25H24FN7O4S/c1-12-3-4-14(7-16(12)26)18-9-32(31-30-18)21-22(35)19(10-34)37-24(23(21)36)25-27-11-28-33(25)15-5-6-17-20(8-15)38-13(2)29-17/h3-9,11,19,21-24,34-36H,10H2,1-2H3/t19-,21+,22+,23-,24-/m1/s1. The zero-order valence-corrected chi connectivity index (χ0v) is 21.2. The lowest BCUT2D eigenvalue weighted by molar-refractivity contribution is -0.210. The molecule has 2 aromatic carbocycles. The predicted molar refractivity (Wildman–Crippen MR) is 135 cm³/mol. The number of aromatic nitrogens is 7. The summed E-state index contributed by atoms with van der Waals surface area (Å²) in [4.78, 5) is 8.83. The van der Waals surface area contributed by atoms with Gasteiger partial charge in [-0.3, -0.25) is 0 Å². The molecular formula is C25H24FN7O4S. The van der Waals surface area contributed by atoms with Crippen molar-refractivity contribution in [2.45, 2.75) is 44.3 Å². The molecule has 11 nitrogen and oxygen atoms in total. The lowest BCUT2D eigenvalue weighted by Gasteiger charge is -2.41. The average Bonchev–Trinajstić information content (AvgIpc) is 3.65. The van der Waals surface area contributed by atoms with Gasteiger partial charge in [0.2, 0.25) is 0 Å². The van der Waals surface area contributed by atoms with Gasteiger partial charge in [-0.1, -0.05) is 17.3 Å². The van der Waals surface area contributed by atoms with Crippen LogP contribution < -0.4 is 0 Å². The Labute approximate surface area is 219 Å². The maximum atomic E-state index is 14.1. The molecule has 3 aromatic heterocycles. The van der Waals surface area contributed by atoms with Crippen molar-refractivity contribution in [2.24, 2.45) is 0 Å². The Balaban J connectivity index is 1.36. The van der Waals surface area contributed by atoms with Gasteiger partial charge in [-0.15, -0.1) is 16.4 Å². The summed E-state index contributed by atoms with van der Waals surface area (Å²) >= 11 is 1.55. The SMILES string of the molecule is Cc1nc2ccc(-n3ncnc3[C@@H]3O[C@H](CO)[C@H](O)[C@H](n4cc(-c5ccc(C)c(F)c5)nn4)[C@H]3O)cc2s1. The summed E-state index contributed by atoms with van der Waals surface area (Å²) in [6.45, 7) is 3.09. The molecule has 6 rings (SSSR count). The molecule has 1 aliphatic heterocycles. The molecule has 0 unspecified atom stereocenters. The van der Waals surface area contributed by atoms with E-state index in [9.17, 15) is 19.7 Å². The van der Waals surface area contributed by atoms with E-state index in [1.165, 1.54) is 23.3 Å². The molecule has 0 spiro atoms. The summed E-state index contributed by atoms with van der Waals surface area (Å²) in [5, 5.41) is 45.9. The van der Waals surface area contributed by atoms with Crippen LogP contribution in [0.15, 0.2) is 48.9 Å². The second-order valence-electron chi connectivity index (χ2n) is 9.21. The van der Waals surface area contributed by atoms with E-state index in [0.717, 1.165) is 15.2 Å². The quantitative estimate of drug-likeness (QED) is 0.308. The Hall–Kier alpha value is -3.62. The van der Waals surface area contributed by atoms with E-state index in [1.807, 2.05) is 25.1 Å². The molecule has 38 heavy (non-hydrogen) atoms. The van der Waals surface area contributed by atoms with Crippen LogP contribution >= 0.6 is 11.3 Å². The number of hydrogen-bond donors (Lipinski definition) is 3. The molecular weight excluding hydrogens is 513 g/mol. The largest absolute Gasteiger partial charge is 0.394 e. The van der Waals surface area contributed by atoms with E-state index >= 15 is 0 Å². The minimum atomic E-state index is -1.34. The second kappa shape index (κ2) is 9.60. The Morgan fingerprint density at radius 2 is 1.95 bits per heavy atom. The molecule has 0 amide bonds. The van der Waals surface area contributed by atoms with Gasteiger partial charge in [0.25, 0.3) is 0 Å². The van der Waals surface area contributed by atoms with Crippen molar-refractivity contribution in [1.82, 2.24) is 34.7 Å². The molecule has 1 aliphatic rings. The fourth-order valence-corrected chi connectivity index (χ4v) is 5.60. The molecule has 1 fully saturated rings. The van der Waals surface area contributed by atoms with Crippen molar-refractivity contribution in [1.29, 1.82) is 0 Å². The van der Waals surface area contributed by atoms with Gasteiger partial charge in [0, 0.05) is 5.56 Å². The number of aliphatic hydroxyl groups is 3. The van der Waals surface area contributed by atoms with Crippen LogP contribution in [0.25, 0.3) is 27.2 Å². The number of ether oxygens (including phenoxy) is 1. The van der Waals surface area contributed by atoms with Crippen LogP contribution in [-0.2, 0) is 4.74 Å². The van der Waals surface area contributed by atoms with Gasteiger partial charge >= 0.3 is 0 Å². The highest BCUT2D eigenvalue weighted by Crippen LogP contribution is 2.38. The van der Waals surface area contributed by atoms with Gasteiger partial charge in [-0.25, -0.2) is 23.7 Å². The molecule has 0 radical (unpaired) electrons. The molecule has 5 aromatic rings. The van der Waals surface area contributed by atoms with E-state index in [1.54, 1.807) is 35.1 Å². The number of aliphatic hydroxyl groups excluding tert-OH is 3. The zero-order chi connectivity index (χ0) is 26.6. The number of thiazole rings is 1. The normalized spacial score (nSPS) is 23.8. The molecule has 0 aliphatic carbocycles. The Bertz CT molecular complexity index is 1620. The topological polar surface area (TPSA) is 144 Å². The Morgan fingerprint density at radius 3 is 2.74 bits per heavy atom. The summed E-state index contributed by atoms with van der Waals surface area (Å²) in [6.07, 6.45) is -1.90. The van der Waals surface area contributed by atoms with E-state index in [0.29, 0.717) is 22.5 Å². The minimum absolute atomic E-state index is 0.286. The van der Waals surface area contributed by atoms with Crippen molar-refractivity contribution < 1.29 is 24.4 Å². The van der Waals surface area contributed by atoms with Crippen molar-refractivity contribution in [2.75, 3.05) is 6.61 Å². The fraction of sp³-hybridized carbons (Fsp3) is 0.320. The van der Waals surface area contributed by atoms with Gasteiger partial charge < -0.3 is 20.1 Å². The molecule has 0 saturated carbocycles. The number of hydrogen-bond acceptors (Lipinski definition) is 10. The maximum absolute atomic E-state index is 14.1. The maximum Gasteiger partial charge on any atom is 0.163 e. The van der Waals surface area contributed by atoms with Crippen LogP contribution in [0.4, 0.5) is 4.39 Å². The smallest absolute Gasteiger partial charge is 0.163 e. The molecule has 196 valence electrons. The molecule has 1 saturated heterocycles. The summed E-state index contributed by atoms with van der Waals surface area (Å²) in [7, 11) is 0. The number of halogens is 1. The van der Waals surface area contributed by atoms with Crippen LogP contribution in [0.1, 0.15) is 28.5 Å². The highest BCUT2D eigenvalue weighted by atomic mass is 32.1. The second-order valence-corrected chi connectivity index (χ2v) is 10.4. The van der Waals surface area contributed by atoms with Crippen molar-refractivity contribution >= 4 is 21.6 Å². The lowest BCUT2D eigenvalue weighted by atomic mass is 9.92. The highest BCUT2D eigenvalue weighted by molar-refractivity contribution is 7.18. The third-order valence-electron chi connectivity index (χ3n) is 6.73. The van der Waals surface area contributed by atoms with E-state index in [-0.39, 0.29) is 11.6 Å². The number of nitrogens with zero attached hydrogens (tertiary/aromatic N) is 7. The van der Waals surface area contributed by atoms with Crippen LogP contribution in [0.3, 0.4) is 0 Å². The molecule has 4 heterocycles. The number of benzene rings is 2. The first-order chi connectivity index (χ1) is 18.3. The lowest BCUT2D eigenvalue weighted by Crippen LogP contribution is -2.53. The monoisotopic (exact) mass is 537 g/mol. The van der Waals surface area contributed by atoms with Gasteiger partial charge in [0.1, 0.15) is 48.3 Å². The van der Waals surface area contributed by atoms with E-state index < -0.39 is 37.1 Å². The minimum Gasteiger partial charge on any atom is -0.394 e. The highest BCUT2D eigenvalue weighted by Gasteiger charge is 2.48. The molecule has 5 atom stereocenters. The van der Waals surface area contributed by atoms with Gasteiger partial charge in [-0.05, 0) is 43.7 Å². The third kappa shape index (κ3) is 4.18.